The Morgan fingerprint density at radius 1 is 0.458 bits per heavy atom. The molecule has 0 spiro atoms. The van der Waals surface area contributed by atoms with Crippen molar-refractivity contribution >= 4 is 17.6 Å². The van der Waals surface area contributed by atoms with E-state index in [0.717, 1.165) is 77.0 Å². The van der Waals surface area contributed by atoms with Gasteiger partial charge < -0.3 is 18.9 Å². The van der Waals surface area contributed by atoms with E-state index >= 15 is 0 Å². The molecule has 146 valence electrons. The van der Waals surface area contributed by atoms with Gasteiger partial charge in [-0.1, -0.05) is 39.8 Å². The van der Waals surface area contributed by atoms with Crippen LogP contribution in [0.5, 0.6) is 0 Å². The summed E-state index contributed by atoms with van der Waals surface area (Å²) in [5.41, 5.74) is 0. The number of ether oxygens (including phenoxy) is 4. The molecule has 0 aliphatic heterocycles. The van der Waals surface area contributed by atoms with Gasteiger partial charge in [0.15, 0.2) is 0 Å². The van der Waals surface area contributed by atoms with E-state index < -0.39 is 17.6 Å². The molecule has 0 aliphatic rings. The second kappa shape index (κ2) is 19.6. The van der Waals surface area contributed by atoms with Crippen LogP contribution < -0.4 is 0 Å². The summed E-state index contributed by atoms with van der Waals surface area (Å²) >= 11 is 0. The predicted molar refractivity (Wildman–Crippen MR) is 108 cm³/mol. The molecule has 0 fully saturated rings. The maximum Gasteiger partial charge on any atom is 0.0972 e. The first-order chi connectivity index (χ1) is 11.8. The fourth-order valence-electron chi connectivity index (χ4n) is 2.48. The van der Waals surface area contributed by atoms with E-state index in [4.69, 9.17) is 18.9 Å². The van der Waals surface area contributed by atoms with Gasteiger partial charge in [0.1, 0.15) is 0 Å². The molecule has 0 N–H and O–H groups in total. The van der Waals surface area contributed by atoms with Gasteiger partial charge in [0.25, 0.3) is 0 Å². The van der Waals surface area contributed by atoms with Crippen LogP contribution in [0.4, 0.5) is 0 Å². The molecular formula is C18H42O4Si2. The normalized spacial score (nSPS) is 11.8. The smallest absolute Gasteiger partial charge is 0.0972 e. The molecule has 0 aromatic carbocycles. The number of hydrogen-bond donors (Lipinski definition) is 0. The van der Waals surface area contributed by atoms with E-state index in [0.29, 0.717) is 0 Å². The van der Waals surface area contributed by atoms with Crippen molar-refractivity contribution in [2.75, 3.05) is 51.3 Å². The molecule has 0 heterocycles. The van der Waals surface area contributed by atoms with Crippen LogP contribution in [0.15, 0.2) is 0 Å². The summed E-state index contributed by atoms with van der Waals surface area (Å²) in [5.74, 6) is 0. The maximum absolute atomic E-state index is 5.84. The fraction of sp³-hybridized carbons (Fsp3) is 1.00. The molecule has 0 saturated carbocycles. The molecule has 0 atom stereocenters. The molecule has 0 aromatic rings. The highest BCUT2D eigenvalue weighted by Gasteiger charge is 2.18. The van der Waals surface area contributed by atoms with Crippen molar-refractivity contribution in [2.24, 2.45) is 0 Å². The van der Waals surface area contributed by atoms with Crippen molar-refractivity contribution in [3.05, 3.63) is 0 Å². The minimum Gasteiger partial charge on any atom is -0.385 e. The molecule has 6 heteroatoms. The summed E-state index contributed by atoms with van der Waals surface area (Å²) in [6.07, 6.45) is 8.26. The topological polar surface area (TPSA) is 36.9 Å². The van der Waals surface area contributed by atoms with E-state index in [2.05, 4.69) is 27.7 Å². The Bertz CT molecular complexity index is 201. The van der Waals surface area contributed by atoms with Crippen molar-refractivity contribution in [3.8, 4) is 0 Å². The molecule has 24 heavy (non-hydrogen) atoms. The van der Waals surface area contributed by atoms with Crippen molar-refractivity contribution < 1.29 is 18.9 Å². The van der Waals surface area contributed by atoms with E-state index in [1.165, 1.54) is 12.1 Å². The van der Waals surface area contributed by atoms with E-state index in [9.17, 15) is 0 Å². The highest BCUT2D eigenvalue weighted by atomic mass is 28.3. The van der Waals surface area contributed by atoms with Crippen molar-refractivity contribution in [3.63, 3.8) is 0 Å². The molecule has 0 amide bonds. The average molecular weight is 379 g/mol. The van der Waals surface area contributed by atoms with Crippen LogP contribution in [0.25, 0.3) is 0 Å². The van der Waals surface area contributed by atoms with Gasteiger partial charge in [-0.2, -0.15) is 0 Å². The Balaban J connectivity index is 4.21. The zero-order valence-corrected chi connectivity index (χ0v) is 19.0. The Kier molecular flexibility index (Phi) is 19.8. The lowest BCUT2D eigenvalue weighted by atomic mass is 10.5. The van der Waals surface area contributed by atoms with Crippen LogP contribution in [-0.2, 0) is 18.9 Å². The first-order valence-corrected chi connectivity index (χ1v) is 15.0. The zero-order valence-electron chi connectivity index (χ0n) is 16.7. The Morgan fingerprint density at radius 2 is 0.708 bits per heavy atom. The maximum atomic E-state index is 5.84. The van der Waals surface area contributed by atoms with Crippen LogP contribution in [-0.4, -0.2) is 68.9 Å². The first-order valence-electron chi connectivity index (χ1n) is 10.1. The monoisotopic (exact) mass is 378 g/mol. The van der Waals surface area contributed by atoms with Gasteiger partial charge in [-0.3, -0.25) is 0 Å². The quantitative estimate of drug-likeness (QED) is 0.255. The average Bonchev–Trinajstić information content (AvgIpc) is 2.59. The van der Waals surface area contributed by atoms with Crippen molar-refractivity contribution in [1.82, 2.24) is 0 Å². The van der Waals surface area contributed by atoms with Gasteiger partial charge in [-0.15, -0.1) is 0 Å². The van der Waals surface area contributed by atoms with Gasteiger partial charge >= 0.3 is 0 Å². The summed E-state index contributed by atoms with van der Waals surface area (Å²) < 4.78 is 23.4. The fourth-order valence-corrected chi connectivity index (χ4v) is 9.11. The molecule has 0 unspecified atom stereocenters. The number of rotatable bonds is 19. The third-order valence-corrected chi connectivity index (χ3v) is 9.59. The van der Waals surface area contributed by atoms with Gasteiger partial charge in [0.05, 0.1) is 17.6 Å². The van der Waals surface area contributed by atoms with E-state index in [-0.39, 0.29) is 0 Å². The van der Waals surface area contributed by atoms with E-state index in [1.54, 1.807) is 0 Å². The highest BCUT2D eigenvalue weighted by Crippen LogP contribution is 2.07. The minimum atomic E-state index is -0.956. The second-order valence-corrected chi connectivity index (χ2v) is 12.6. The van der Waals surface area contributed by atoms with Crippen LogP contribution in [0.1, 0.15) is 53.4 Å². The lowest BCUT2D eigenvalue weighted by molar-refractivity contribution is 0.151. The third kappa shape index (κ3) is 15.8. The van der Waals surface area contributed by atoms with Gasteiger partial charge in [0.2, 0.25) is 0 Å². The minimum absolute atomic E-state index is 0.886. The zero-order chi connectivity index (χ0) is 17.9. The molecule has 0 aromatic heterocycles. The second-order valence-electron chi connectivity index (χ2n) is 6.61. The lowest BCUT2D eigenvalue weighted by Gasteiger charge is -2.20. The predicted octanol–water partition coefficient (Wildman–Crippen LogP) is 3.30. The van der Waals surface area contributed by atoms with E-state index in [1.807, 2.05) is 0 Å². The lowest BCUT2D eigenvalue weighted by Crippen LogP contribution is -2.33. The van der Waals surface area contributed by atoms with Crippen LogP contribution >= 0.6 is 0 Å². The standard InChI is InChI=1S/C18H42O4Si2/c1-5-9-19-15-23(16-20-10-6-2)13-14-24(17-21-11-7-3)18-22-12-8-4/h23-24H,5-18H2,1-4H3. The number of hydrogen-bond acceptors (Lipinski definition) is 4. The summed E-state index contributed by atoms with van der Waals surface area (Å²) in [6, 6.07) is 2.63. The van der Waals surface area contributed by atoms with Gasteiger partial charge in [0, 0.05) is 51.3 Å². The van der Waals surface area contributed by atoms with Crippen molar-refractivity contribution in [1.29, 1.82) is 0 Å². The molecule has 0 saturated heterocycles. The van der Waals surface area contributed by atoms with Crippen LogP contribution in [0, 0.1) is 0 Å². The Labute approximate surface area is 153 Å². The van der Waals surface area contributed by atoms with Crippen LogP contribution in [0.3, 0.4) is 0 Å². The molecule has 4 nitrogen and oxygen atoms in total. The molecule has 0 bridgehead atoms. The molecule has 0 rings (SSSR count). The first kappa shape index (κ1) is 24.3. The summed E-state index contributed by atoms with van der Waals surface area (Å²) in [7, 11) is -1.91. The summed E-state index contributed by atoms with van der Waals surface area (Å²) in [6.45, 7) is 12.2. The van der Waals surface area contributed by atoms with Crippen molar-refractivity contribution in [2.45, 2.75) is 65.5 Å². The Hall–Kier alpha value is 0.274. The molecular weight excluding hydrogens is 336 g/mol. The van der Waals surface area contributed by atoms with Crippen LogP contribution in [0.2, 0.25) is 12.1 Å². The van der Waals surface area contributed by atoms with Gasteiger partial charge in [-0.05, 0) is 25.7 Å². The largest absolute Gasteiger partial charge is 0.385 e. The summed E-state index contributed by atoms with van der Waals surface area (Å²) in [5, 5.41) is 0. The molecule has 0 radical (unpaired) electrons. The highest BCUT2D eigenvalue weighted by molar-refractivity contribution is 6.64. The molecule has 0 aliphatic carbocycles. The Morgan fingerprint density at radius 3 is 0.917 bits per heavy atom. The third-order valence-electron chi connectivity index (χ3n) is 3.79. The van der Waals surface area contributed by atoms with Gasteiger partial charge in [-0.25, -0.2) is 0 Å². The summed E-state index contributed by atoms with van der Waals surface area (Å²) in [4.78, 5) is 0. The SMILES string of the molecule is CCCOC[SiH](CC[SiH](COCCC)COCCC)COCCC.